The Morgan fingerprint density at radius 2 is 1.83 bits per heavy atom. The Kier molecular flexibility index (Phi) is 5.34. The van der Waals surface area contributed by atoms with Crippen molar-refractivity contribution < 1.29 is 17.4 Å². The summed E-state index contributed by atoms with van der Waals surface area (Å²) >= 11 is 0. The SMILES string of the molecule is CC(CS(C)=O)NCc1ccc(C(F)(F)F)cc1. The van der Waals surface area contributed by atoms with Gasteiger partial charge in [-0.05, 0) is 24.6 Å². The highest BCUT2D eigenvalue weighted by Gasteiger charge is 2.29. The normalized spacial score (nSPS) is 15.4. The number of rotatable bonds is 5. The van der Waals surface area contributed by atoms with Crippen molar-refractivity contribution in [2.75, 3.05) is 12.0 Å². The number of benzene rings is 1. The van der Waals surface area contributed by atoms with Gasteiger partial charge in [-0.15, -0.1) is 0 Å². The molecule has 0 saturated heterocycles. The summed E-state index contributed by atoms with van der Waals surface area (Å²) in [4.78, 5) is 0. The van der Waals surface area contributed by atoms with Crippen molar-refractivity contribution in [1.29, 1.82) is 0 Å². The van der Waals surface area contributed by atoms with Crippen LogP contribution in [0.25, 0.3) is 0 Å². The van der Waals surface area contributed by atoms with Crippen molar-refractivity contribution >= 4 is 10.8 Å². The Bertz CT molecular complexity index is 403. The third-order valence-electron chi connectivity index (χ3n) is 2.42. The Balaban J connectivity index is 2.52. The van der Waals surface area contributed by atoms with Crippen LogP contribution in [0.15, 0.2) is 24.3 Å². The maximum atomic E-state index is 12.3. The third-order valence-corrected chi connectivity index (χ3v) is 3.39. The Morgan fingerprint density at radius 1 is 1.28 bits per heavy atom. The molecule has 1 N–H and O–H groups in total. The first kappa shape index (κ1) is 15.2. The molecule has 0 radical (unpaired) electrons. The van der Waals surface area contributed by atoms with E-state index in [-0.39, 0.29) is 6.04 Å². The molecule has 0 bridgehead atoms. The van der Waals surface area contributed by atoms with E-state index in [4.69, 9.17) is 0 Å². The minimum Gasteiger partial charge on any atom is -0.309 e. The van der Waals surface area contributed by atoms with E-state index in [1.807, 2.05) is 6.92 Å². The molecule has 1 aromatic carbocycles. The molecule has 0 aromatic heterocycles. The van der Waals surface area contributed by atoms with Gasteiger partial charge in [0, 0.05) is 35.4 Å². The quantitative estimate of drug-likeness (QED) is 0.897. The largest absolute Gasteiger partial charge is 0.416 e. The van der Waals surface area contributed by atoms with Crippen LogP contribution in [-0.2, 0) is 23.5 Å². The van der Waals surface area contributed by atoms with Gasteiger partial charge >= 0.3 is 6.18 Å². The van der Waals surface area contributed by atoms with Crippen LogP contribution in [0.4, 0.5) is 13.2 Å². The first-order valence-corrected chi connectivity index (χ1v) is 7.21. The van der Waals surface area contributed by atoms with E-state index in [2.05, 4.69) is 5.32 Å². The average Bonchev–Trinajstić information content (AvgIpc) is 2.25. The van der Waals surface area contributed by atoms with Crippen molar-refractivity contribution in [1.82, 2.24) is 5.32 Å². The molecule has 0 fully saturated rings. The Morgan fingerprint density at radius 3 is 2.28 bits per heavy atom. The van der Waals surface area contributed by atoms with Gasteiger partial charge in [0.05, 0.1) is 5.56 Å². The van der Waals surface area contributed by atoms with E-state index in [0.717, 1.165) is 17.7 Å². The highest BCUT2D eigenvalue weighted by Crippen LogP contribution is 2.28. The third kappa shape index (κ3) is 5.18. The minimum atomic E-state index is -4.29. The van der Waals surface area contributed by atoms with Crippen molar-refractivity contribution in [3.63, 3.8) is 0 Å². The molecule has 0 aliphatic heterocycles. The predicted molar refractivity (Wildman–Crippen MR) is 66.7 cm³/mol. The van der Waals surface area contributed by atoms with Crippen molar-refractivity contribution in [2.45, 2.75) is 25.7 Å². The zero-order valence-corrected chi connectivity index (χ0v) is 11.1. The van der Waals surface area contributed by atoms with Crippen molar-refractivity contribution in [3.05, 3.63) is 35.4 Å². The summed E-state index contributed by atoms with van der Waals surface area (Å²) in [5.41, 5.74) is 0.130. The van der Waals surface area contributed by atoms with Crippen LogP contribution in [0.3, 0.4) is 0 Å². The van der Waals surface area contributed by atoms with Crippen LogP contribution in [0.2, 0.25) is 0 Å². The van der Waals surface area contributed by atoms with E-state index in [1.54, 1.807) is 6.26 Å². The summed E-state index contributed by atoms with van der Waals surface area (Å²) in [6, 6.07) is 5.11. The number of hydrogen-bond donors (Lipinski definition) is 1. The van der Waals surface area contributed by atoms with Crippen LogP contribution in [0.5, 0.6) is 0 Å². The molecule has 1 rings (SSSR count). The standard InChI is InChI=1S/C12H16F3NOS/c1-9(8-18(2)17)16-7-10-3-5-11(6-4-10)12(13,14)15/h3-6,9,16H,7-8H2,1-2H3. The predicted octanol–water partition coefficient (Wildman–Crippen LogP) is 2.56. The van der Waals surface area contributed by atoms with Crippen LogP contribution < -0.4 is 5.32 Å². The maximum absolute atomic E-state index is 12.3. The summed E-state index contributed by atoms with van der Waals surface area (Å²) in [6.07, 6.45) is -2.67. The van der Waals surface area contributed by atoms with E-state index in [1.165, 1.54) is 12.1 Å². The van der Waals surface area contributed by atoms with Gasteiger partial charge in [-0.2, -0.15) is 13.2 Å². The van der Waals surface area contributed by atoms with Crippen LogP contribution in [0.1, 0.15) is 18.1 Å². The van der Waals surface area contributed by atoms with E-state index in [9.17, 15) is 17.4 Å². The number of halogens is 3. The number of hydrogen-bond acceptors (Lipinski definition) is 2. The van der Waals surface area contributed by atoms with Gasteiger partial charge in [-0.1, -0.05) is 12.1 Å². The molecule has 6 heteroatoms. The summed E-state index contributed by atoms with van der Waals surface area (Å²) in [5.74, 6) is 0.528. The number of nitrogens with one attached hydrogen (secondary N) is 1. The Hall–Kier alpha value is -0.880. The molecule has 2 unspecified atom stereocenters. The zero-order chi connectivity index (χ0) is 13.8. The van der Waals surface area contributed by atoms with Crippen molar-refractivity contribution in [3.8, 4) is 0 Å². The molecule has 0 amide bonds. The van der Waals surface area contributed by atoms with E-state index in [0.29, 0.717) is 12.3 Å². The van der Waals surface area contributed by atoms with Crippen LogP contribution >= 0.6 is 0 Å². The highest BCUT2D eigenvalue weighted by molar-refractivity contribution is 7.84. The lowest BCUT2D eigenvalue weighted by Gasteiger charge is -2.13. The molecular weight excluding hydrogens is 263 g/mol. The molecule has 0 aliphatic carbocycles. The van der Waals surface area contributed by atoms with Crippen molar-refractivity contribution in [2.24, 2.45) is 0 Å². The second-order valence-corrected chi connectivity index (χ2v) is 5.70. The topological polar surface area (TPSA) is 29.1 Å². The number of alkyl halides is 3. The maximum Gasteiger partial charge on any atom is 0.416 e. The molecule has 102 valence electrons. The second kappa shape index (κ2) is 6.33. The summed E-state index contributed by atoms with van der Waals surface area (Å²) < 4.78 is 47.9. The van der Waals surface area contributed by atoms with Gasteiger partial charge in [0.1, 0.15) is 0 Å². The highest BCUT2D eigenvalue weighted by atomic mass is 32.2. The summed E-state index contributed by atoms with van der Waals surface area (Å²) in [7, 11) is -0.880. The fourth-order valence-electron chi connectivity index (χ4n) is 1.51. The van der Waals surface area contributed by atoms with Crippen LogP contribution in [0, 0.1) is 0 Å². The first-order valence-electron chi connectivity index (χ1n) is 5.48. The molecule has 0 saturated carbocycles. The molecule has 1 aromatic rings. The van der Waals surface area contributed by atoms with Gasteiger partial charge in [0.2, 0.25) is 0 Å². The summed E-state index contributed by atoms with van der Waals surface area (Å²) in [5, 5.41) is 3.11. The molecule has 2 atom stereocenters. The molecule has 0 spiro atoms. The molecule has 0 aliphatic rings. The van der Waals surface area contributed by atoms with Gasteiger partial charge in [-0.25, -0.2) is 0 Å². The Labute approximate surface area is 107 Å². The molecule has 18 heavy (non-hydrogen) atoms. The lowest BCUT2D eigenvalue weighted by molar-refractivity contribution is -0.137. The second-order valence-electron chi connectivity index (χ2n) is 4.22. The van der Waals surface area contributed by atoms with E-state index >= 15 is 0 Å². The van der Waals surface area contributed by atoms with Crippen LogP contribution in [-0.4, -0.2) is 22.3 Å². The minimum absolute atomic E-state index is 0.0677. The zero-order valence-electron chi connectivity index (χ0n) is 10.3. The van der Waals surface area contributed by atoms with Gasteiger partial charge in [0.15, 0.2) is 0 Å². The fraction of sp³-hybridized carbons (Fsp3) is 0.500. The smallest absolute Gasteiger partial charge is 0.309 e. The monoisotopic (exact) mass is 279 g/mol. The average molecular weight is 279 g/mol. The summed E-state index contributed by atoms with van der Waals surface area (Å²) in [6.45, 7) is 2.36. The first-order chi connectivity index (χ1) is 8.29. The molecular formula is C12H16F3NOS. The van der Waals surface area contributed by atoms with E-state index < -0.39 is 22.5 Å². The fourth-order valence-corrected chi connectivity index (χ4v) is 2.34. The molecule has 2 nitrogen and oxygen atoms in total. The lowest BCUT2D eigenvalue weighted by Crippen LogP contribution is -2.30. The lowest BCUT2D eigenvalue weighted by atomic mass is 10.1. The van der Waals surface area contributed by atoms with Gasteiger partial charge in [-0.3, -0.25) is 4.21 Å². The molecule has 0 heterocycles. The van der Waals surface area contributed by atoms with Gasteiger partial charge < -0.3 is 5.32 Å². The van der Waals surface area contributed by atoms with Gasteiger partial charge in [0.25, 0.3) is 0 Å².